The first kappa shape index (κ1) is 20.1. The fourth-order valence-corrected chi connectivity index (χ4v) is 2.76. The maximum Gasteiger partial charge on any atom is 0.335 e. The number of amides is 1. The van der Waals surface area contributed by atoms with Crippen LogP contribution in [0.3, 0.4) is 0 Å². The van der Waals surface area contributed by atoms with Crippen LogP contribution in [0, 0.1) is 0 Å². The van der Waals surface area contributed by atoms with Crippen LogP contribution in [-0.4, -0.2) is 44.9 Å². The predicted octanol–water partition coefficient (Wildman–Crippen LogP) is 2.31. The Hall–Kier alpha value is -3.22. The molecule has 0 bridgehead atoms. The van der Waals surface area contributed by atoms with Gasteiger partial charge in [-0.05, 0) is 30.2 Å². The third kappa shape index (κ3) is 5.13. The summed E-state index contributed by atoms with van der Waals surface area (Å²) >= 11 is 0. The van der Waals surface area contributed by atoms with E-state index < -0.39 is 5.97 Å². The van der Waals surface area contributed by atoms with E-state index in [1.54, 1.807) is 32.4 Å². The summed E-state index contributed by atoms with van der Waals surface area (Å²) in [4.78, 5) is 23.1. The molecule has 1 amide bonds. The van der Waals surface area contributed by atoms with Gasteiger partial charge in [0, 0.05) is 12.1 Å². The van der Waals surface area contributed by atoms with Crippen LogP contribution in [0.15, 0.2) is 36.4 Å². The third-order valence-corrected chi connectivity index (χ3v) is 4.04. The summed E-state index contributed by atoms with van der Waals surface area (Å²) in [6.07, 6.45) is 0.661. The number of methoxy groups -OCH3 is 3. The molecule has 0 aromatic heterocycles. The van der Waals surface area contributed by atoms with Crippen LogP contribution in [-0.2, 0) is 17.6 Å². The van der Waals surface area contributed by atoms with Crippen molar-refractivity contribution in [2.24, 2.45) is 0 Å². The van der Waals surface area contributed by atoms with Crippen molar-refractivity contribution < 1.29 is 28.9 Å². The van der Waals surface area contributed by atoms with E-state index in [0.717, 1.165) is 5.56 Å². The molecule has 27 heavy (non-hydrogen) atoms. The summed E-state index contributed by atoms with van der Waals surface area (Å²) in [5, 5.41) is 11.8. The van der Waals surface area contributed by atoms with Gasteiger partial charge in [0.2, 0.25) is 11.7 Å². The van der Waals surface area contributed by atoms with Gasteiger partial charge in [-0.25, -0.2) is 4.79 Å². The van der Waals surface area contributed by atoms with Gasteiger partial charge in [0.1, 0.15) is 0 Å². The lowest BCUT2D eigenvalue weighted by Gasteiger charge is -2.16. The van der Waals surface area contributed by atoms with Crippen molar-refractivity contribution in [3.63, 3.8) is 0 Å². The van der Waals surface area contributed by atoms with Crippen molar-refractivity contribution >= 4 is 11.9 Å². The van der Waals surface area contributed by atoms with Gasteiger partial charge in [-0.1, -0.05) is 18.2 Å². The van der Waals surface area contributed by atoms with Crippen molar-refractivity contribution in [3.05, 3.63) is 53.1 Å². The number of carboxylic acids is 1. The number of nitrogens with one attached hydrogen (secondary N) is 1. The SMILES string of the molecule is COc1ccc(CCNC(=O)Cc2cccc(C(=O)O)c2)c(OC)c1OC. The zero-order valence-electron chi connectivity index (χ0n) is 15.6. The van der Waals surface area contributed by atoms with E-state index in [1.807, 2.05) is 6.07 Å². The Labute approximate surface area is 157 Å². The maximum absolute atomic E-state index is 12.1. The second-order valence-electron chi connectivity index (χ2n) is 5.78. The van der Waals surface area contributed by atoms with E-state index in [0.29, 0.717) is 35.8 Å². The lowest BCUT2D eigenvalue weighted by Crippen LogP contribution is -2.27. The van der Waals surface area contributed by atoms with Crippen molar-refractivity contribution in [2.45, 2.75) is 12.8 Å². The summed E-state index contributed by atoms with van der Waals surface area (Å²) in [5.41, 5.74) is 1.69. The largest absolute Gasteiger partial charge is 0.493 e. The molecule has 0 aliphatic heterocycles. The number of aromatic carboxylic acids is 1. The molecule has 0 heterocycles. The van der Waals surface area contributed by atoms with Crippen LogP contribution in [0.4, 0.5) is 0 Å². The molecule has 2 aromatic carbocycles. The Balaban J connectivity index is 1.97. The Kier molecular flexibility index (Phi) is 7.05. The molecule has 7 heteroatoms. The molecule has 7 nitrogen and oxygen atoms in total. The molecule has 0 spiro atoms. The quantitative estimate of drug-likeness (QED) is 0.701. The summed E-state index contributed by atoms with van der Waals surface area (Å²) in [6, 6.07) is 9.99. The molecule has 0 unspecified atom stereocenters. The molecule has 2 rings (SSSR count). The highest BCUT2D eigenvalue weighted by atomic mass is 16.5. The molecule has 0 fully saturated rings. The Bertz CT molecular complexity index is 818. The molecule has 0 atom stereocenters. The van der Waals surface area contributed by atoms with Gasteiger partial charge in [0.25, 0.3) is 0 Å². The second-order valence-corrected chi connectivity index (χ2v) is 5.78. The van der Waals surface area contributed by atoms with E-state index in [2.05, 4.69) is 5.32 Å². The molecular weight excluding hydrogens is 350 g/mol. The van der Waals surface area contributed by atoms with Gasteiger partial charge in [-0.3, -0.25) is 4.79 Å². The summed E-state index contributed by atoms with van der Waals surface area (Å²) in [5.74, 6) is 0.449. The Morgan fingerprint density at radius 1 is 1.00 bits per heavy atom. The van der Waals surface area contributed by atoms with Crippen LogP contribution in [0.1, 0.15) is 21.5 Å². The maximum atomic E-state index is 12.1. The Morgan fingerprint density at radius 2 is 1.74 bits per heavy atom. The zero-order valence-corrected chi connectivity index (χ0v) is 15.6. The third-order valence-electron chi connectivity index (χ3n) is 4.04. The van der Waals surface area contributed by atoms with Gasteiger partial charge in [-0.2, -0.15) is 0 Å². The van der Waals surface area contributed by atoms with Crippen LogP contribution in [0.2, 0.25) is 0 Å². The first-order valence-electron chi connectivity index (χ1n) is 8.37. The lowest BCUT2D eigenvalue weighted by molar-refractivity contribution is -0.120. The topological polar surface area (TPSA) is 94.1 Å². The highest BCUT2D eigenvalue weighted by Crippen LogP contribution is 2.39. The standard InChI is InChI=1S/C20H23NO6/c1-25-16-8-7-14(18(26-2)19(16)27-3)9-10-21-17(22)12-13-5-4-6-15(11-13)20(23)24/h4-8,11H,9-10,12H2,1-3H3,(H,21,22)(H,23,24). The van der Waals surface area contributed by atoms with Crippen molar-refractivity contribution in [3.8, 4) is 17.2 Å². The normalized spacial score (nSPS) is 10.2. The zero-order chi connectivity index (χ0) is 19.8. The number of ether oxygens (including phenoxy) is 3. The number of rotatable bonds is 9. The van der Waals surface area contributed by atoms with Crippen LogP contribution >= 0.6 is 0 Å². The minimum absolute atomic E-state index is 0.115. The molecule has 0 radical (unpaired) electrons. The van der Waals surface area contributed by atoms with Gasteiger partial charge in [0.15, 0.2) is 11.5 Å². The molecule has 0 aliphatic carbocycles. The first-order valence-corrected chi connectivity index (χ1v) is 8.37. The van der Waals surface area contributed by atoms with Crippen molar-refractivity contribution in [1.82, 2.24) is 5.32 Å². The van der Waals surface area contributed by atoms with E-state index in [1.165, 1.54) is 19.2 Å². The van der Waals surface area contributed by atoms with Gasteiger partial charge in [-0.15, -0.1) is 0 Å². The number of hydrogen-bond acceptors (Lipinski definition) is 5. The van der Waals surface area contributed by atoms with E-state index in [-0.39, 0.29) is 17.9 Å². The highest BCUT2D eigenvalue weighted by molar-refractivity contribution is 5.88. The first-order chi connectivity index (χ1) is 13.0. The highest BCUT2D eigenvalue weighted by Gasteiger charge is 2.15. The van der Waals surface area contributed by atoms with Gasteiger partial charge in [0.05, 0.1) is 33.3 Å². The minimum Gasteiger partial charge on any atom is -0.493 e. The van der Waals surface area contributed by atoms with Crippen LogP contribution in [0.5, 0.6) is 17.2 Å². The van der Waals surface area contributed by atoms with Crippen molar-refractivity contribution in [2.75, 3.05) is 27.9 Å². The van der Waals surface area contributed by atoms with E-state index in [4.69, 9.17) is 19.3 Å². The monoisotopic (exact) mass is 373 g/mol. The summed E-state index contributed by atoms with van der Waals surface area (Å²) in [6.45, 7) is 0.406. The van der Waals surface area contributed by atoms with Crippen molar-refractivity contribution in [1.29, 1.82) is 0 Å². The number of hydrogen-bond donors (Lipinski definition) is 2. The Morgan fingerprint density at radius 3 is 2.37 bits per heavy atom. The average molecular weight is 373 g/mol. The molecule has 2 aromatic rings. The smallest absolute Gasteiger partial charge is 0.335 e. The van der Waals surface area contributed by atoms with Gasteiger partial charge < -0.3 is 24.6 Å². The summed E-state index contributed by atoms with van der Waals surface area (Å²) in [7, 11) is 4.64. The second kappa shape index (κ2) is 9.47. The van der Waals surface area contributed by atoms with Crippen LogP contribution < -0.4 is 19.5 Å². The average Bonchev–Trinajstić information content (AvgIpc) is 2.67. The molecule has 0 saturated carbocycles. The van der Waals surface area contributed by atoms with Crippen LogP contribution in [0.25, 0.3) is 0 Å². The minimum atomic E-state index is -1.02. The number of carboxylic acid groups (broad SMARTS) is 1. The van der Waals surface area contributed by atoms with E-state index in [9.17, 15) is 9.59 Å². The number of benzene rings is 2. The number of carbonyl (C=O) groups excluding carboxylic acids is 1. The summed E-state index contributed by atoms with van der Waals surface area (Å²) < 4.78 is 16.0. The van der Waals surface area contributed by atoms with E-state index >= 15 is 0 Å². The predicted molar refractivity (Wildman–Crippen MR) is 99.9 cm³/mol. The molecule has 144 valence electrons. The lowest BCUT2D eigenvalue weighted by atomic mass is 10.1. The number of carbonyl (C=O) groups is 2. The fourth-order valence-electron chi connectivity index (χ4n) is 2.76. The fraction of sp³-hybridized carbons (Fsp3) is 0.300. The molecule has 0 saturated heterocycles. The molecule has 0 aliphatic rings. The van der Waals surface area contributed by atoms with Gasteiger partial charge >= 0.3 is 5.97 Å². The molecule has 2 N–H and O–H groups in total. The molecular formula is C20H23NO6.